The average Bonchev–Trinajstić information content (AvgIpc) is 3.25. The zero-order valence-electron chi connectivity index (χ0n) is 13.5. The molecule has 0 aliphatic carbocycles. The van der Waals surface area contributed by atoms with Crippen molar-refractivity contribution in [2.24, 2.45) is 4.99 Å². The van der Waals surface area contributed by atoms with E-state index in [1.54, 1.807) is 30.3 Å². The standard InChI is InChI=1S/C20H14N2O3S/c23-15-8-6-14(7-9-15)21-19-18(26-20(24)22-19)12-16-10-11-17(25-16)13-4-2-1-3-5-13/h1-12,23H,(H,21,22,24)/b18-12-. The normalized spacial score (nSPS) is 17.0. The number of thioether (sulfide) groups is 1. The first-order valence-corrected chi connectivity index (χ1v) is 8.73. The van der Waals surface area contributed by atoms with Gasteiger partial charge in [0.2, 0.25) is 0 Å². The van der Waals surface area contributed by atoms with E-state index in [-0.39, 0.29) is 11.0 Å². The van der Waals surface area contributed by atoms with E-state index in [1.165, 1.54) is 0 Å². The van der Waals surface area contributed by atoms with Gasteiger partial charge in [-0.1, -0.05) is 30.3 Å². The number of hydrogen-bond acceptors (Lipinski definition) is 5. The summed E-state index contributed by atoms with van der Waals surface area (Å²) in [4.78, 5) is 16.9. The quantitative estimate of drug-likeness (QED) is 0.673. The molecule has 0 spiro atoms. The van der Waals surface area contributed by atoms with Crippen LogP contribution in [0.4, 0.5) is 10.5 Å². The smallest absolute Gasteiger partial charge is 0.289 e. The molecule has 2 heterocycles. The molecule has 1 fully saturated rings. The van der Waals surface area contributed by atoms with Crippen molar-refractivity contribution < 1.29 is 14.3 Å². The Morgan fingerprint density at radius 2 is 1.77 bits per heavy atom. The number of phenolic OH excluding ortho intramolecular Hbond substituents is 1. The van der Waals surface area contributed by atoms with Gasteiger partial charge in [0.25, 0.3) is 5.24 Å². The third kappa shape index (κ3) is 3.55. The molecule has 0 atom stereocenters. The van der Waals surface area contributed by atoms with Gasteiger partial charge in [-0.05, 0) is 54.2 Å². The number of nitrogens with one attached hydrogen (secondary N) is 1. The summed E-state index contributed by atoms with van der Waals surface area (Å²) in [5.41, 5.74) is 1.62. The predicted octanol–water partition coefficient (Wildman–Crippen LogP) is 5.18. The first-order chi connectivity index (χ1) is 12.7. The number of aromatic hydroxyl groups is 1. The van der Waals surface area contributed by atoms with Gasteiger partial charge in [-0.2, -0.15) is 0 Å². The van der Waals surface area contributed by atoms with Crippen LogP contribution in [-0.4, -0.2) is 16.2 Å². The maximum absolute atomic E-state index is 11.8. The van der Waals surface area contributed by atoms with Crippen LogP contribution in [-0.2, 0) is 0 Å². The van der Waals surface area contributed by atoms with Crippen LogP contribution in [0, 0.1) is 0 Å². The second-order valence-electron chi connectivity index (χ2n) is 5.57. The average molecular weight is 362 g/mol. The van der Waals surface area contributed by atoms with Crippen molar-refractivity contribution in [1.82, 2.24) is 5.32 Å². The largest absolute Gasteiger partial charge is 0.508 e. The van der Waals surface area contributed by atoms with Gasteiger partial charge < -0.3 is 14.8 Å². The Morgan fingerprint density at radius 3 is 2.54 bits per heavy atom. The first-order valence-electron chi connectivity index (χ1n) is 7.91. The fourth-order valence-corrected chi connectivity index (χ4v) is 3.20. The van der Waals surface area contributed by atoms with E-state index in [4.69, 9.17) is 4.42 Å². The molecular formula is C20H14N2O3S. The molecule has 3 aromatic rings. The molecule has 128 valence electrons. The van der Waals surface area contributed by atoms with E-state index < -0.39 is 0 Å². The molecule has 26 heavy (non-hydrogen) atoms. The summed E-state index contributed by atoms with van der Waals surface area (Å²) >= 11 is 1.07. The highest BCUT2D eigenvalue weighted by Gasteiger charge is 2.24. The Labute approximate surface area is 154 Å². The number of benzene rings is 2. The minimum absolute atomic E-state index is 0.165. The van der Waals surface area contributed by atoms with E-state index in [0.717, 1.165) is 23.1 Å². The molecule has 1 aliphatic heterocycles. The number of furan rings is 1. The Bertz CT molecular complexity index is 1010. The molecule has 1 aliphatic rings. The highest BCUT2D eigenvalue weighted by molar-refractivity contribution is 8.18. The van der Waals surface area contributed by atoms with Gasteiger partial charge in [-0.25, -0.2) is 4.99 Å². The van der Waals surface area contributed by atoms with Crippen molar-refractivity contribution in [3.05, 3.63) is 77.4 Å². The summed E-state index contributed by atoms with van der Waals surface area (Å²) in [6.07, 6.45) is 1.79. The molecule has 5 nitrogen and oxygen atoms in total. The second-order valence-corrected chi connectivity index (χ2v) is 6.58. The first kappa shape index (κ1) is 16.2. The second kappa shape index (κ2) is 6.93. The van der Waals surface area contributed by atoms with Gasteiger partial charge in [0.1, 0.15) is 23.1 Å². The van der Waals surface area contributed by atoms with Crippen molar-refractivity contribution in [2.45, 2.75) is 0 Å². The summed E-state index contributed by atoms with van der Waals surface area (Å²) in [5.74, 6) is 2.03. The van der Waals surface area contributed by atoms with Crippen LogP contribution in [0.3, 0.4) is 0 Å². The molecule has 2 aromatic carbocycles. The minimum atomic E-state index is -0.191. The number of hydrogen-bond donors (Lipinski definition) is 2. The van der Waals surface area contributed by atoms with Crippen LogP contribution in [0.2, 0.25) is 0 Å². The Balaban J connectivity index is 1.64. The van der Waals surface area contributed by atoms with Crippen molar-refractivity contribution >= 4 is 34.6 Å². The van der Waals surface area contributed by atoms with Crippen LogP contribution in [0.15, 0.2) is 81.0 Å². The van der Waals surface area contributed by atoms with Crippen LogP contribution in [0.1, 0.15) is 5.76 Å². The van der Waals surface area contributed by atoms with Crippen molar-refractivity contribution in [2.75, 3.05) is 0 Å². The molecule has 6 heteroatoms. The molecule has 1 aromatic heterocycles. The zero-order chi connectivity index (χ0) is 17.9. The lowest BCUT2D eigenvalue weighted by atomic mass is 10.2. The van der Waals surface area contributed by atoms with Gasteiger partial charge in [-0.3, -0.25) is 4.79 Å². The van der Waals surface area contributed by atoms with E-state index in [2.05, 4.69) is 10.3 Å². The molecule has 4 rings (SSSR count). The van der Waals surface area contributed by atoms with E-state index in [1.807, 2.05) is 42.5 Å². The fourth-order valence-electron chi connectivity index (χ4n) is 2.49. The van der Waals surface area contributed by atoms with E-state index in [9.17, 15) is 9.90 Å². The summed E-state index contributed by atoms with van der Waals surface area (Å²) in [6, 6.07) is 20.0. The van der Waals surface area contributed by atoms with Crippen molar-refractivity contribution in [3.63, 3.8) is 0 Å². The number of amidine groups is 1. The molecule has 1 saturated heterocycles. The Kier molecular flexibility index (Phi) is 4.33. The van der Waals surface area contributed by atoms with Crippen molar-refractivity contribution in [1.29, 1.82) is 0 Å². The molecule has 1 amide bonds. The van der Waals surface area contributed by atoms with Gasteiger partial charge in [0.15, 0.2) is 0 Å². The highest BCUT2D eigenvalue weighted by atomic mass is 32.2. The monoisotopic (exact) mass is 362 g/mol. The van der Waals surface area contributed by atoms with Gasteiger partial charge in [0, 0.05) is 5.56 Å². The molecule has 0 radical (unpaired) electrons. The highest BCUT2D eigenvalue weighted by Crippen LogP contribution is 2.30. The van der Waals surface area contributed by atoms with Gasteiger partial charge >= 0.3 is 0 Å². The number of carbonyl (C=O) groups excluding carboxylic acids is 1. The summed E-state index contributed by atoms with van der Waals surface area (Å²) in [5, 5.41) is 11.9. The number of aliphatic imine (C=N–C) groups is 1. The molecule has 0 saturated carbocycles. The maximum Gasteiger partial charge on any atom is 0.289 e. The Morgan fingerprint density at radius 1 is 1.00 bits per heavy atom. The third-order valence-electron chi connectivity index (χ3n) is 3.71. The topological polar surface area (TPSA) is 74.8 Å². The number of carbonyl (C=O) groups is 1. The summed E-state index contributed by atoms with van der Waals surface area (Å²) < 4.78 is 5.86. The SMILES string of the molecule is O=C1NC(=Nc2ccc(O)cc2)/C(=C/c2ccc(-c3ccccc3)o2)S1. The summed E-state index contributed by atoms with van der Waals surface area (Å²) in [7, 11) is 0. The molecule has 0 unspecified atom stereocenters. The number of nitrogens with zero attached hydrogens (tertiary/aromatic N) is 1. The molecule has 2 N–H and O–H groups in total. The number of phenols is 1. The van der Waals surface area contributed by atoms with Crippen LogP contribution >= 0.6 is 11.8 Å². The fraction of sp³-hybridized carbons (Fsp3) is 0. The number of amides is 1. The lowest BCUT2D eigenvalue weighted by Gasteiger charge is -1.99. The number of rotatable bonds is 3. The lowest BCUT2D eigenvalue weighted by molar-refractivity contribution is 0.265. The van der Waals surface area contributed by atoms with Gasteiger partial charge in [0.05, 0.1) is 10.6 Å². The predicted molar refractivity (Wildman–Crippen MR) is 103 cm³/mol. The van der Waals surface area contributed by atoms with Crippen LogP contribution in [0.25, 0.3) is 17.4 Å². The van der Waals surface area contributed by atoms with Crippen LogP contribution < -0.4 is 5.32 Å². The van der Waals surface area contributed by atoms with E-state index >= 15 is 0 Å². The van der Waals surface area contributed by atoms with Gasteiger partial charge in [-0.15, -0.1) is 0 Å². The Hall–Kier alpha value is -3.25. The van der Waals surface area contributed by atoms with Crippen molar-refractivity contribution in [3.8, 4) is 17.1 Å². The minimum Gasteiger partial charge on any atom is -0.508 e. The van der Waals surface area contributed by atoms with Crippen LogP contribution in [0.5, 0.6) is 5.75 Å². The molecule has 0 bridgehead atoms. The lowest BCUT2D eigenvalue weighted by Crippen LogP contribution is -2.18. The van der Waals surface area contributed by atoms with E-state index in [0.29, 0.717) is 22.2 Å². The molecular weight excluding hydrogens is 348 g/mol. The zero-order valence-corrected chi connectivity index (χ0v) is 14.4. The third-order valence-corrected chi connectivity index (χ3v) is 4.52. The maximum atomic E-state index is 11.8. The summed E-state index contributed by atoms with van der Waals surface area (Å²) in [6.45, 7) is 0.